The number of carbonyl (C=O) groups is 1. The molecule has 4 nitrogen and oxygen atoms in total. The van der Waals surface area contributed by atoms with E-state index in [0.717, 1.165) is 45.6 Å². The van der Waals surface area contributed by atoms with Gasteiger partial charge in [-0.15, -0.1) is 0 Å². The summed E-state index contributed by atoms with van der Waals surface area (Å²) in [5.41, 5.74) is 5.71. The lowest BCUT2D eigenvalue weighted by atomic mass is 10.1. The molecule has 1 aliphatic rings. The van der Waals surface area contributed by atoms with E-state index in [9.17, 15) is 4.79 Å². The molecule has 4 heteroatoms. The fourth-order valence-corrected chi connectivity index (χ4v) is 4.29. The summed E-state index contributed by atoms with van der Waals surface area (Å²) in [7, 11) is 0. The van der Waals surface area contributed by atoms with E-state index in [1.54, 1.807) is 6.92 Å². The highest BCUT2D eigenvalue weighted by atomic mass is 16.5. The van der Waals surface area contributed by atoms with Gasteiger partial charge in [-0.05, 0) is 99.9 Å². The van der Waals surface area contributed by atoms with Gasteiger partial charge in [-0.1, -0.05) is 6.07 Å². The highest BCUT2D eigenvalue weighted by molar-refractivity contribution is 5.86. The minimum absolute atomic E-state index is 0.215. The third-order valence-corrected chi connectivity index (χ3v) is 6.10. The third-order valence-electron chi connectivity index (χ3n) is 6.10. The van der Waals surface area contributed by atoms with Crippen LogP contribution in [0.15, 0.2) is 36.4 Å². The van der Waals surface area contributed by atoms with Crippen LogP contribution in [0.3, 0.4) is 0 Å². The van der Waals surface area contributed by atoms with Crippen molar-refractivity contribution in [3.05, 3.63) is 58.8 Å². The molecule has 1 aromatic heterocycles. The summed E-state index contributed by atoms with van der Waals surface area (Å²) < 4.78 is 12.2. The SMILES string of the molecule is CC(=O)CCc1[nH]c2ccc(OCc3ccc(OC4CCCC4)c(C)c3)cc2c1C. The van der Waals surface area contributed by atoms with Crippen LogP contribution in [0.2, 0.25) is 0 Å². The fourth-order valence-electron chi connectivity index (χ4n) is 4.29. The fraction of sp³-hybridized carbons (Fsp3) is 0.423. The minimum Gasteiger partial charge on any atom is -0.490 e. The first-order chi connectivity index (χ1) is 14.5. The molecule has 1 heterocycles. The number of aromatic nitrogens is 1. The molecule has 158 valence electrons. The second-order valence-electron chi connectivity index (χ2n) is 8.55. The van der Waals surface area contributed by atoms with Gasteiger partial charge >= 0.3 is 0 Å². The number of carbonyl (C=O) groups excluding carboxylic acids is 1. The van der Waals surface area contributed by atoms with Crippen LogP contribution in [0.5, 0.6) is 11.5 Å². The maximum atomic E-state index is 11.3. The number of Topliss-reactive ketones (excluding diaryl/α,β-unsaturated/α-hetero) is 1. The zero-order valence-electron chi connectivity index (χ0n) is 18.2. The van der Waals surface area contributed by atoms with Crippen molar-refractivity contribution in [3.8, 4) is 11.5 Å². The predicted octanol–water partition coefficient (Wildman–Crippen LogP) is 6.21. The van der Waals surface area contributed by atoms with Crippen molar-refractivity contribution in [1.29, 1.82) is 0 Å². The van der Waals surface area contributed by atoms with Crippen LogP contribution >= 0.6 is 0 Å². The van der Waals surface area contributed by atoms with Crippen LogP contribution in [-0.2, 0) is 17.8 Å². The molecule has 0 unspecified atom stereocenters. The number of aromatic amines is 1. The van der Waals surface area contributed by atoms with Crippen LogP contribution < -0.4 is 9.47 Å². The third kappa shape index (κ3) is 4.69. The molecule has 0 bridgehead atoms. The van der Waals surface area contributed by atoms with Gasteiger partial charge in [0, 0.05) is 23.0 Å². The van der Waals surface area contributed by atoms with E-state index in [1.807, 2.05) is 6.07 Å². The Hall–Kier alpha value is -2.75. The molecule has 30 heavy (non-hydrogen) atoms. The summed E-state index contributed by atoms with van der Waals surface area (Å²) in [4.78, 5) is 14.7. The van der Waals surface area contributed by atoms with Crippen molar-refractivity contribution in [3.63, 3.8) is 0 Å². The predicted molar refractivity (Wildman–Crippen MR) is 120 cm³/mol. The van der Waals surface area contributed by atoms with Crippen molar-refractivity contribution in [2.45, 2.75) is 72.0 Å². The second-order valence-corrected chi connectivity index (χ2v) is 8.55. The molecule has 1 fully saturated rings. The Morgan fingerprint density at radius 2 is 1.90 bits per heavy atom. The summed E-state index contributed by atoms with van der Waals surface area (Å²) >= 11 is 0. The zero-order valence-corrected chi connectivity index (χ0v) is 18.2. The Bertz CT molecular complexity index is 1040. The molecule has 2 aromatic carbocycles. The average molecular weight is 406 g/mol. The van der Waals surface area contributed by atoms with Crippen molar-refractivity contribution < 1.29 is 14.3 Å². The van der Waals surface area contributed by atoms with Crippen LogP contribution in [0.25, 0.3) is 10.9 Å². The first kappa shape index (κ1) is 20.5. The first-order valence-corrected chi connectivity index (χ1v) is 11.0. The van der Waals surface area contributed by atoms with Gasteiger partial charge in [-0.25, -0.2) is 0 Å². The number of hydrogen-bond donors (Lipinski definition) is 1. The topological polar surface area (TPSA) is 51.3 Å². The van der Waals surface area contributed by atoms with E-state index in [4.69, 9.17) is 9.47 Å². The first-order valence-electron chi connectivity index (χ1n) is 11.0. The Kier molecular flexibility index (Phi) is 6.12. The maximum Gasteiger partial charge on any atom is 0.130 e. The molecule has 1 aliphatic carbocycles. The second kappa shape index (κ2) is 8.95. The number of H-pyrrole nitrogens is 1. The molecule has 1 N–H and O–H groups in total. The normalized spacial score (nSPS) is 14.4. The number of aryl methyl sites for hydroxylation is 3. The monoisotopic (exact) mass is 405 g/mol. The Labute approximate surface area is 178 Å². The van der Waals surface area contributed by atoms with E-state index >= 15 is 0 Å². The lowest BCUT2D eigenvalue weighted by Crippen LogP contribution is -2.11. The number of ether oxygens (including phenoxy) is 2. The quantitative estimate of drug-likeness (QED) is 0.485. The van der Waals surface area contributed by atoms with Crippen molar-refractivity contribution in [1.82, 2.24) is 4.98 Å². The average Bonchev–Trinajstić information content (AvgIpc) is 3.34. The Balaban J connectivity index is 1.42. The van der Waals surface area contributed by atoms with Gasteiger partial charge in [0.05, 0.1) is 6.10 Å². The van der Waals surface area contributed by atoms with Gasteiger partial charge in [0.2, 0.25) is 0 Å². The lowest BCUT2D eigenvalue weighted by molar-refractivity contribution is -0.116. The smallest absolute Gasteiger partial charge is 0.130 e. The number of hydrogen-bond acceptors (Lipinski definition) is 3. The van der Waals surface area contributed by atoms with Crippen molar-refractivity contribution >= 4 is 16.7 Å². The molecule has 0 spiro atoms. The zero-order chi connectivity index (χ0) is 21.1. The van der Waals surface area contributed by atoms with Gasteiger partial charge < -0.3 is 19.3 Å². The Morgan fingerprint density at radius 3 is 2.63 bits per heavy atom. The van der Waals surface area contributed by atoms with Gasteiger partial charge in [0.15, 0.2) is 0 Å². The largest absolute Gasteiger partial charge is 0.490 e. The van der Waals surface area contributed by atoms with E-state index < -0.39 is 0 Å². The maximum absolute atomic E-state index is 11.3. The summed E-state index contributed by atoms with van der Waals surface area (Å²) in [5, 5.41) is 1.16. The van der Waals surface area contributed by atoms with Gasteiger partial charge in [0.25, 0.3) is 0 Å². The van der Waals surface area contributed by atoms with Crippen LogP contribution in [0, 0.1) is 13.8 Å². The highest BCUT2D eigenvalue weighted by Crippen LogP contribution is 2.29. The summed E-state index contributed by atoms with van der Waals surface area (Å²) in [6.45, 7) is 6.37. The van der Waals surface area contributed by atoms with Crippen LogP contribution in [0.1, 0.15) is 61.4 Å². The van der Waals surface area contributed by atoms with Gasteiger partial charge in [0.1, 0.15) is 23.9 Å². The summed E-state index contributed by atoms with van der Waals surface area (Å²) in [6, 6.07) is 12.5. The molecular weight excluding hydrogens is 374 g/mol. The van der Waals surface area contributed by atoms with E-state index in [0.29, 0.717) is 19.1 Å². The van der Waals surface area contributed by atoms with Crippen LogP contribution in [-0.4, -0.2) is 16.9 Å². The minimum atomic E-state index is 0.215. The number of fused-ring (bicyclic) bond motifs is 1. The molecule has 0 aliphatic heterocycles. The van der Waals surface area contributed by atoms with E-state index in [-0.39, 0.29) is 5.78 Å². The molecule has 3 aromatic rings. The number of ketones is 1. The molecule has 0 radical (unpaired) electrons. The number of nitrogens with one attached hydrogen (secondary N) is 1. The summed E-state index contributed by atoms with van der Waals surface area (Å²) in [6.07, 6.45) is 6.58. The molecule has 0 atom stereocenters. The lowest BCUT2D eigenvalue weighted by Gasteiger charge is -2.16. The van der Waals surface area contributed by atoms with Crippen molar-refractivity contribution in [2.75, 3.05) is 0 Å². The molecular formula is C26H31NO3. The molecule has 1 saturated carbocycles. The number of rotatable bonds is 8. The van der Waals surface area contributed by atoms with Gasteiger partial charge in [-0.2, -0.15) is 0 Å². The number of benzene rings is 2. The van der Waals surface area contributed by atoms with E-state index in [1.165, 1.54) is 31.2 Å². The molecule has 0 amide bonds. The summed E-state index contributed by atoms with van der Waals surface area (Å²) in [5.74, 6) is 2.06. The standard InChI is InChI=1S/C26H31NO3/c1-17-14-20(9-13-26(17)30-21-6-4-5-7-21)16-29-22-10-12-25-23(15-22)19(3)24(27-25)11-8-18(2)28/h9-10,12-15,21,27H,4-8,11,16H2,1-3H3. The van der Waals surface area contributed by atoms with Gasteiger partial charge in [-0.3, -0.25) is 0 Å². The Morgan fingerprint density at radius 1 is 1.10 bits per heavy atom. The molecule has 0 saturated heterocycles. The van der Waals surface area contributed by atoms with E-state index in [2.05, 4.69) is 49.2 Å². The van der Waals surface area contributed by atoms with Crippen molar-refractivity contribution in [2.24, 2.45) is 0 Å². The molecule has 4 rings (SSSR count). The highest BCUT2D eigenvalue weighted by Gasteiger charge is 2.17. The van der Waals surface area contributed by atoms with Crippen LogP contribution in [0.4, 0.5) is 0 Å².